The Hall–Kier alpha value is -2.85. The van der Waals surface area contributed by atoms with Crippen molar-refractivity contribution in [2.75, 3.05) is 44.5 Å². The first kappa shape index (κ1) is 22.8. The van der Waals surface area contributed by atoms with Crippen LogP contribution in [0.1, 0.15) is 24.2 Å². The van der Waals surface area contributed by atoms with Crippen LogP contribution in [0.2, 0.25) is 0 Å². The number of rotatable bonds is 12. The standard InChI is InChI=1S/C21H28N6O3S/c1-4-30-16-8-6-15(7-9-16)20(28)23-10-12-27-19-17(14-24-27)18(22-11-13-29-3)25-21(26-19)31-5-2/h6-9,14H,4-5,10-13H2,1-3H3,(H,23,28)(H,22,25,26). The minimum atomic E-state index is -0.140. The Balaban J connectivity index is 1.67. The number of methoxy groups -OCH3 is 1. The van der Waals surface area contributed by atoms with Crippen LogP contribution in [0, 0.1) is 0 Å². The van der Waals surface area contributed by atoms with Gasteiger partial charge < -0.3 is 20.1 Å². The molecule has 10 heteroatoms. The number of nitrogens with one attached hydrogen (secondary N) is 2. The Morgan fingerprint density at radius 2 is 1.97 bits per heavy atom. The highest BCUT2D eigenvalue weighted by Crippen LogP contribution is 2.24. The summed E-state index contributed by atoms with van der Waals surface area (Å²) >= 11 is 1.57. The Morgan fingerprint density at radius 1 is 1.16 bits per heavy atom. The number of nitrogens with zero attached hydrogens (tertiary/aromatic N) is 4. The molecule has 9 nitrogen and oxygen atoms in total. The molecule has 0 unspecified atom stereocenters. The third-order valence-corrected chi connectivity index (χ3v) is 5.11. The summed E-state index contributed by atoms with van der Waals surface area (Å²) < 4.78 is 12.3. The lowest BCUT2D eigenvalue weighted by Crippen LogP contribution is -2.27. The van der Waals surface area contributed by atoms with Gasteiger partial charge in [0.1, 0.15) is 11.6 Å². The molecule has 0 saturated heterocycles. The second kappa shape index (κ2) is 11.5. The van der Waals surface area contributed by atoms with E-state index in [2.05, 4.69) is 32.6 Å². The quantitative estimate of drug-likeness (QED) is 0.250. The molecule has 0 aliphatic rings. The van der Waals surface area contributed by atoms with E-state index in [0.29, 0.717) is 43.6 Å². The molecule has 3 rings (SSSR count). The van der Waals surface area contributed by atoms with Crippen molar-refractivity contribution in [1.82, 2.24) is 25.1 Å². The highest BCUT2D eigenvalue weighted by atomic mass is 32.2. The summed E-state index contributed by atoms with van der Waals surface area (Å²) in [7, 11) is 1.66. The molecule has 2 heterocycles. The van der Waals surface area contributed by atoms with E-state index < -0.39 is 0 Å². The van der Waals surface area contributed by atoms with E-state index in [9.17, 15) is 4.79 Å². The van der Waals surface area contributed by atoms with Gasteiger partial charge in [0.05, 0.1) is 31.3 Å². The average Bonchev–Trinajstić information content (AvgIpc) is 3.18. The molecule has 0 radical (unpaired) electrons. The fourth-order valence-corrected chi connectivity index (χ4v) is 3.51. The smallest absolute Gasteiger partial charge is 0.251 e. The number of carbonyl (C=O) groups excluding carboxylic acids is 1. The highest BCUT2D eigenvalue weighted by Gasteiger charge is 2.13. The number of thioether (sulfide) groups is 1. The van der Waals surface area contributed by atoms with Gasteiger partial charge in [-0.1, -0.05) is 18.7 Å². The molecule has 2 aromatic heterocycles. The Kier molecular flexibility index (Phi) is 8.48. The first-order chi connectivity index (χ1) is 15.2. The lowest BCUT2D eigenvalue weighted by Gasteiger charge is -2.10. The average molecular weight is 445 g/mol. The van der Waals surface area contributed by atoms with Crippen LogP contribution < -0.4 is 15.4 Å². The molecule has 0 aliphatic heterocycles. The topological polar surface area (TPSA) is 103 Å². The molecule has 0 aliphatic carbocycles. The van der Waals surface area contributed by atoms with E-state index in [1.165, 1.54) is 0 Å². The number of benzene rings is 1. The first-order valence-electron chi connectivity index (χ1n) is 10.3. The van der Waals surface area contributed by atoms with Crippen molar-refractivity contribution in [3.8, 4) is 5.75 Å². The Labute approximate surface area is 185 Å². The molecule has 3 aromatic rings. The summed E-state index contributed by atoms with van der Waals surface area (Å²) in [5.74, 6) is 2.22. The second-order valence-corrected chi connectivity index (χ2v) is 7.76. The van der Waals surface area contributed by atoms with Crippen LogP contribution in [0.25, 0.3) is 11.0 Å². The molecule has 1 aromatic carbocycles. The molecule has 2 N–H and O–H groups in total. The van der Waals surface area contributed by atoms with Gasteiger partial charge in [-0.2, -0.15) is 5.10 Å². The number of aromatic nitrogens is 4. The van der Waals surface area contributed by atoms with E-state index in [1.54, 1.807) is 54.0 Å². The number of ether oxygens (including phenoxy) is 2. The maximum atomic E-state index is 12.4. The minimum absolute atomic E-state index is 0.140. The van der Waals surface area contributed by atoms with E-state index >= 15 is 0 Å². The van der Waals surface area contributed by atoms with Crippen molar-refractivity contribution in [2.45, 2.75) is 25.5 Å². The molecular weight excluding hydrogens is 416 g/mol. The van der Waals surface area contributed by atoms with E-state index in [4.69, 9.17) is 9.47 Å². The molecule has 0 spiro atoms. The van der Waals surface area contributed by atoms with Crippen molar-refractivity contribution in [3.05, 3.63) is 36.0 Å². The monoisotopic (exact) mass is 444 g/mol. The van der Waals surface area contributed by atoms with Crippen LogP contribution in [0.3, 0.4) is 0 Å². The van der Waals surface area contributed by atoms with Gasteiger partial charge in [0.2, 0.25) is 0 Å². The Morgan fingerprint density at radius 3 is 2.68 bits per heavy atom. The number of anilines is 1. The zero-order valence-electron chi connectivity index (χ0n) is 18.1. The third kappa shape index (κ3) is 6.08. The van der Waals surface area contributed by atoms with Crippen molar-refractivity contribution in [1.29, 1.82) is 0 Å². The van der Waals surface area contributed by atoms with E-state index in [0.717, 1.165) is 28.4 Å². The predicted molar refractivity (Wildman–Crippen MR) is 122 cm³/mol. The van der Waals surface area contributed by atoms with Gasteiger partial charge in [0.15, 0.2) is 10.8 Å². The second-order valence-electron chi connectivity index (χ2n) is 6.53. The number of hydrogen-bond donors (Lipinski definition) is 2. The van der Waals surface area contributed by atoms with Crippen molar-refractivity contribution in [3.63, 3.8) is 0 Å². The lowest BCUT2D eigenvalue weighted by atomic mass is 10.2. The largest absolute Gasteiger partial charge is 0.494 e. The number of hydrogen-bond acceptors (Lipinski definition) is 8. The van der Waals surface area contributed by atoms with Crippen LogP contribution in [0.4, 0.5) is 5.82 Å². The maximum absolute atomic E-state index is 12.4. The molecule has 0 bridgehead atoms. The van der Waals surface area contributed by atoms with E-state index in [1.807, 2.05) is 6.92 Å². The summed E-state index contributed by atoms with van der Waals surface area (Å²) in [5, 5.41) is 12.2. The summed E-state index contributed by atoms with van der Waals surface area (Å²) in [6.45, 7) is 6.72. The van der Waals surface area contributed by atoms with Crippen molar-refractivity contribution >= 4 is 34.5 Å². The van der Waals surface area contributed by atoms with Gasteiger partial charge in [-0.3, -0.25) is 4.79 Å². The molecule has 31 heavy (non-hydrogen) atoms. The van der Waals surface area contributed by atoms with Crippen molar-refractivity contribution < 1.29 is 14.3 Å². The van der Waals surface area contributed by atoms with Crippen LogP contribution in [-0.4, -0.2) is 64.8 Å². The van der Waals surface area contributed by atoms with Gasteiger partial charge >= 0.3 is 0 Å². The van der Waals surface area contributed by atoms with Gasteiger partial charge in [-0.15, -0.1) is 0 Å². The SMILES string of the molecule is CCOc1ccc(C(=O)NCCn2ncc3c(NCCOC)nc(SCC)nc32)cc1. The zero-order valence-corrected chi connectivity index (χ0v) is 18.9. The third-order valence-electron chi connectivity index (χ3n) is 4.38. The number of fused-ring (bicyclic) bond motifs is 1. The number of carbonyl (C=O) groups is 1. The molecule has 0 fully saturated rings. The summed E-state index contributed by atoms with van der Waals surface area (Å²) in [6.07, 6.45) is 1.75. The van der Waals surface area contributed by atoms with Gasteiger partial charge in [0.25, 0.3) is 5.91 Å². The normalized spacial score (nSPS) is 10.9. The van der Waals surface area contributed by atoms with Gasteiger partial charge in [-0.05, 0) is 36.9 Å². The minimum Gasteiger partial charge on any atom is -0.494 e. The molecule has 1 amide bonds. The van der Waals surface area contributed by atoms with Crippen molar-refractivity contribution in [2.24, 2.45) is 0 Å². The van der Waals surface area contributed by atoms with E-state index in [-0.39, 0.29) is 5.91 Å². The highest BCUT2D eigenvalue weighted by molar-refractivity contribution is 7.99. The van der Waals surface area contributed by atoms with Gasteiger partial charge in [0, 0.05) is 25.8 Å². The fraction of sp³-hybridized carbons (Fsp3) is 0.429. The van der Waals surface area contributed by atoms with Crippen LogP contribution in [-0.2, 0) is 11.3 Å². The summed E-state index contributed by atoms with van der Waals surface area (Å²) in [6, 6.07) is 7.09. The molecule has 0 atom stereocenters. The zero-order chi connectivity index (χ0) is 22.1. The fourth-order valence-electron chi connectivity index (χ4n) is 2.95. The maximum Gasteiger partial charge on any atom is 0.251 e. The van der Waals surface area contributed by atoms with Crippen LogP contribution >= 0.6 is 11.8 Å². The van der Waals surface area contributed by atoms with Gasteiger partial charge in [-0.25, -0.2) is 14.6 Å². The molecule has 0 saturated carbocycles. The molecule has 166 valence electrons. The van der Waals surface area contributed by atoms with Crippen LogP contribution in [0.5, 0.6) is 5.75 Å². The lowest BCUT2D eigenvalue weighted by molar-refractivity contribution is 0.0952. The first-order valence-corrected chi connectivity index (χ1v) is 11.2. The summed E-state index contributed by atoms with van der Waals surface area (Å²) in [5.41, 5.74) is 1.32. The molecular formula is C21H28N6O3S. The Bertz CT molecular complexity index is 993. The van der Waals surface area contributed by atoms with Crippen LogP contribution in [0.15, 0.2) is 35.6 Å². The number of amides is 1. The summed E-state index contributed by atoms with van der Waals surface area (Å²) in [4.78, 5) is 21.7. The predicted octanol–water partition coefficient (Wildman–Crippen LogP) is 2.83.